The van der Waals surface area contributed by atoms with E-state index in [1.807, 2.05) is 67.9 Å². The zero-order valence-corrected chi connectivity index (χ0v) is 13.1. The van der Waals surface area contributed by atoms with Gasteiger partial charge in [-0.3, -0.25) is 4.79 Å². The van der Waals surface area contributed by atoms with Crippen molar-refractivity contribution in [2.45, 2.75) is 27.3 Å². The summed E-state index contributed by atoms with van der Waals surface area (Å²) in [7, 11) is 0. The summed E-state index contributed by atoms with van der Waals surface area (Å²) in [6.45, 7) is 6.74. The SMILES string of the molecule is CCn1cccc1/C=C(/C#N)C(=O)Nc1cc(C)cc(C)c1. The van der Waals surface area contributed by atoms with E-state index in [0.29, 0.717) is 5.69 Å². The van der Waals surface area contributed by atoms with Crippen molar-refractivity contribution in [2.24, 2.45) is 0 Å². The Morgan fingerprint density at radius 2 is 2.00 bits per heavy atom. The standard InChI is InChI=1S/C18H19N3O/c1-4-21-7-5-6-17(21)11-15(12-19)18(22)20-16-9-13(2)8-14(3)10-16/h5-11H,4H2,1-3H3,(H,20,22)/b15-11-. The number of hydrogen-bond acceptors (Lipinski definition) is 2. The zero-order valence-electron chi connectivity index (χ0n) is 13.1. The highest BCUT2D eigenvalue weighted by Crippen LogP contribution is 2.15. The van der Waals surface area contributed by atoms with Crippen LogP contribution in [0.5, 0.6) is 0 Å². The molecule has 0 unspecified atom stereocenters. The van der Waals surface area contributed by atoms with Crippen LogP contribution in [0.25, 0.3) is 6.08 Å². The lowest BCUT2D eigenvalue weighted by Crippen LogP contribution is -2.14. The van der Waals surface area contributed by atoms with E-state index in [-0.39, 0.29) is 5.57 Å². The number of benzene rings is 1. The Morgan fingerprint density at radius 3 is 2.59 bits per heavy atom. The molecule has 0 bridgehead atoms. The minimum Gasteiger partial charge on any atom is -0.348 e. The number of anilines is 1. The first kappa shape index (κ1) is 15.6. The van der Waals surface area contributed by atoms with Crippen molar-refractivity contribution in [1.82, 2.24) is 4.57 Å². The molecule has 22 heavy (non-hydrogen) atoms. The summed E-state index contributed by atoms with van der Waals surface area (Å²) in [6, 6.07) is 11.6. The summed E-state index contributed by atoms with van der Waals surface area (Å²) in [5.74, 6) is -0.392. The third kappa shape index (κ3) is 3.64. The number of amides is 1. The van der Waals surface area contributed by atoms with Crippen LogP contribution in [0, 0.1) is 25.2 Å². The molecule has 1 heterocycles. The molecule has 0 atom stereocenters. The number of aromatic nitrogens is 1. The Kier molecular flexibility index (Phi) is 4.80. The molecular formula is C18H19N3O. The maximum atomic E-state index is 12.3. The van der Waals surface area contributed by atoms with Crippen LogP contribution in [0.1, 0.15) is 23.7 Å². The molecule has 1 aromatic carbocycles. The van der Waals surface area contributed by atoms with Crippen LogP contribution in [-0.2, 0) is 11.3 Å². The van der Waals surface area contributed by atoms with Crippen molar-refractivity contribution >= 4 is 17.7 Å². The molecule has 1 amide bonds. The van der Waals surface area contributed by atoms with Gasteiger partial charge in [-0.2, -0.15) is 5.26 Å². The third-order valence-corrected chi connectivity index (χ3v) is 3.34. The number of nitriles is 1. The van der Waals surface area contributed by atoms with E-state index in [0.717, 1.165) is 23.4 Å². The Morgan fingerprint density at radius 1 is 1.32 bits per heavy atom. The van der Waals surface area contributed by atoms with Crippen LogP contribution in [0.3, 0.4) is 0 Å². The Bertz CT molecular complexity index is 743. The average molecular weight is 293 g/mol. The zero-order chi connectivity index (χ0) is 16.1. The van der Waals surface area contributed by atoms with Gasteiger partial charge < -0.3 is 9.88 Å². The van der Waals surface area contributed by atoms with Crippen LogP contribution in [0.2, 0.25) is 0 Å². The Hall–Kier alpha value is -2.80. The van der Waals surface area contributed by atoms with Crippen LogP contribution in [-0.4, -0.2) is 10.5 Å². The molecule has 0 saturated heterocycles. The number of hydrogen-bond donors (Lipinski definition) is 1. The summed E-state index contributed by atoms with van der Waals surface area (Å²) in [4.78, 5) is 12.3. The second kappa shape index (κ2) is 6.77. The van der Waals surface area contributed by atoms with Gasteiger partial charge in [-0.15, -0.1) is 0 Å². The molecule has 4 heteroatoms. The quantitative estimate of drug-likeness (QED) is 0.690. The molecule has 0 fully saturated rings. The van der Waals surface area contributed by atoms with Gasteiger partial charge in [0.05, 0.1) is 0 Å². The van der Waals surface area contributed by atoms with Crippen molar-refractivity contribution in [3.8, 4) is 6.07 Å². The molecule has 112 valence electrons. The first-order chi connectivity index (χ1) is 10.5. The molecule has 4 nitrogen and oxygen atoms in total. The van der Waals surface area contributed by atoms with Gasteiger partial charge in [-0.25, -0.2) is 0 Å². The first-order valence-corrected chi connectivity index (χ1v) is 7.20. The topological polar surface area (TPSA) is 57.8 Å². The molecule has 0 aliphatic rings. The summed E-state index contributed by atoms with van der Waals surface area (Å²) < 4.78 is 1.97. The molecule has 1 aromatic heterocycles. The molecule has 1 N–H and O–H groups in total. The molecular weight excluding hydrogens is 274 g/mol. The van der Waals surface area contributed by atoms with E-state index < -0.39 is 5.91 Å². The third-order valence-electron chi connectivity index (χ3n) is 3.34. The summed E-state index contributed by atoms with van der Waals surface area (Å²) >= 11 is 0. The van der Waals surface area contributed by atoms with Gasteiger partial charge in [0.15, 0.2) is 0 Å². The lowest BCUT2D eigenvalue weighted by molar-refractivity contribution is -0.112. The number of aryl methyl sites for hydroxylation is 3. The van der Waals surface area contributed by atoms with Gasteiger partial charge in [0.2, 0.25) is 0 Å². The van der Waals surface area contributed by atoms with Gasteiger partial charge in [0.1, 0.15) is 11.6 Å². The van der Waals surface area contributed by atoms with Crippen molar-refractivity contribution in [2.75, 3.05) is 5.32 Å². The fraction of sp³-hybridized carbons (Fsp3) is 0.222. The molecule has 0 aliphatic carbocycles. The minimum absolute atomic E-state index is 0.0903. The van der Waals surface area contributed by atoms with Crippen LogP contribution in [0.4, 0.5) is 5.69 Å². The highest BCUT2D eigenvalue weighted by molar-refractivity contribution is 6.09. The number of rotatable bonds is 4. The second-order valence-electron chi connectivity index (χ2n) is 5.22. The van der Waals surface area contributed by atoms with Crippen LogP contribution < -0.4 is 5.32 Å². The smallest absolute Gasteiger partial charge is 0.266 e. The molecule has 2 aromatic rings. The van der Waals surface area contributed by atoms with E-state index in [4.69, 9.17) is 0 Å². The van der Waals surface area contributed by atoms with Gasteiger partial charge in [-0.1, -0.05) is 6.07 Å². The highest BCUT2D eigenvalue weighted by Gasteiger charge is 2.11. The van der Waals surface area contributed by atoms with Crippen LogP contribution >= 0.6 is 0 Å². The minimum atomic E-state index is -0.392. The average Bonchev–Trinajstić information content (AvgIpc) is 2.90. The lowest BCUT2D eigenvalue weighted by atomic mass is 10.1. The Balaban J connectivity index is 2.24. The molecule has 0 saturated carbocycles. The maximum Gasteiger partial charge on any atom is 0.266 e. The van der Waals surface area contributed by atoms with Gasteiger partial charge >= 0.3 is 0 Å². The van der Waals surface area contributed by atoms with Gasteiger partial charge in [0.25, 0.3) is 5.91 Å². The van der Waals surface area contributed by atoms with Gasteiger partial charge in [-0.05, 0) is 62.2 Å². The van der Waals surface area contributed by atoms with E-state index in [2.05, 4.69) is 5.32 Å². The number of nitrogens with one attached hydrogen (secondary N) is 1. The lowest BCUT2D eigenvalue weighted by Gasteiger charge is -2.07. The predicted molar refractivity (Wildman–Crippen MR) is 88.2 cm³/mol. The van der Waals surface area contributed by atoms with Crippen LogP contribution in [0.15, 0.2) is 42.1 Å². The fourth-order valence-electron chi connectivity index (χ4n) is 2.39. The van der Waals surface area contributed by atoms with Crippen molar-refractivity contribution < 1.29 is 4.79 Å². The molecule has 2 rings (SSSR count). The summed E-state index contributed by atoms with van der Waals surface area (Å²) in [6.07, 6.45) is 3.53. The first-order valence-electron chi connectivity index (χ1n) is 7.20. The fourth-order valence-corrected chi connectivity index (χ4v) is 2.39. The van der Waals surface area contributed by atoms with E-state index in [1.165, 1.54) is 0 Å². The van der Waals surface area contributed by atoms with E-state index in [1.54, 1.807) is 6.08 Å². The molecule has 0 spiro atoms. The molecule has 0 aliphatic heterocycles. The Labute approximate surface area is 130 Å². The normalized spacial score (nSPS) is 11.1. The van der Waals surface area contributed by atoms with Crippen molar-refractivity contribution in [3.05, 3.63) is 58.9 Å². The largest absolute Gasteiger partial charge is 0.348 e. The van der Waals surface area contributed by atoms with E-state index >= 15 is 0 Å². The summed E-state index contributed by atoms with van der Waals surface area (Å²) in [5.41, 5.74) is 3.77. The number of nitrogens with zero attached hydrogens (tertiary/aromatic N) is 2. The van der Waals surface area contributed by atoms with E-state index in [9.17, 15) is 10.1 Å². The van der Waals surface area contributed by atoms with Crippen molar-refractivity contribution in [3.63, 3.8) is 0 Å². The summed E-state index contributed by atoms with van der Waals surface area (Å²) in [5, 5.41) is 12.0. The monoisotopic (exact) mass is 293 g/mol. The highest BCUT2D eigenvalue weighted by atomic mass is 16.1. The number of carbonyl (C=O) groups is 1. The van der Waals surface area contributed by atoms with Gasteiger partial charge in [0, 0.05) is 24.1 Å². The second-order valence-corrected chi connectivity index (χ2v) is 5.22. The predicted octanol–water partition coefficient (Wildman–Crippen LogP) is 3.67. The van der Waals surface area contributed by atoms with Crippen molar-refractivity contribution in [1.29, 1.82) is 5.26 Å². The molecule has 0 radical (unpaired) electrons. The maximum absolute atomic E-state index is 12.3. The number of carbonyl (C=O) groups excluding carboxylic acids is 1.